The number of rotatable bonds is 1. The summed E-state index contributed by atoms with van der Waals surface area (Å²) in [6, 6.07) is 13.0. The Hall–Kier alpha value is -1.02. The lowest BCUT2D eigenvalue weighted by molar-refractivity contribution is 1.03. The first-order valence-corrected chi connectivity index (χ1v) is 6.54. The fraction of sp³-hybridized carbons (Fsp3) is 0.0714. The molecule has 1 aliphatic rings. The third kappa shape index (κ3) is 1.74. The van der Waals surface area contributed by atoms with Crippen molar-refractivity contribution in [2.45, 2.75) is 4.87 Å². The maximum atomic E-state index is 6.71. The normalized spacial score (nSPS) is 21.1. The minimum absolute atomic E-state index is 0.617. The van der Waals surface area contributed by atoms with Crippen LogP contribution in [0.3, 0.4) is 0 Å². The number of hydrogen-bond donors (Lipinski definition) is 0. The molecule has 1 nitrogen and oxygen atoms in total. The number of aliphatic imine (C=N–C) groups is 1. The molecule has 0 radical (unpaired) electrons. The first kappa shape index (κ1) is 12.0. The van der Waals surface area contributed by atoms with E-state index in [2.05, 4.69) is 4.99 Å². The third-order valence-corrected chi connectivity index (χ3v) is 4.07. The second-order valence-electron chi connectivity index (χ2n) is 4.11. The van der Waals surface area contributed by atoms with E-state index in [1.807, 2.05) is 36.4 Å². The molecule has 0 aromatic heterocycles. The van der Waals surface area contributed by atoms with Crippen LogP contribution in [0.1, 0.15) is 11.1 Å². The maximum absolute atomic E-state index is 6.71. The van der Waals surface area contributed by atoms with Crippen molar-refractivity contribution >= 4 is 46.7 Å². The van der Waals surface area contributed by atoms with Crippen molar-refractivity contribution in [2.24, 2.45) is 4.99 Å². The van der Waals surface area contributed by atoms with Gasteiger partial charge >= 0.3 is 0 Å². The summed E-state index contributed by atoms with van der Waals surface area (Å²) >= 11 is 19.0. The maximum Gasteiger partial charge on any atom is 0.133 e. The lowest BCUT2D eigenvalue weighted by Crippen LogP contribution is -2.19. The van der Waals surface area contributed by atoms with E-state index in [9.17, 15) is 0 Å². The number of fused-ring (bicyclic) bond motifs is 1. The van der Waals surface area contributed by atoms with Crippen LogP contribution < -0.4 is 0 Å². The zero-order valence-electron chi connectivity index (χ0n) is 9.20. The highest BCUT2D eigenvalue weighted by Crippen LogP contribution is 2.47. The van der Waals surface area contributed by atoms with Gasteiger partial charge in [0.05, 0.1) is 5.69 Å². The summed E-state index contributed by atoms with van der Waals surface area (Å²) in [6.07, 6.45) is 1.71. The van der Waals surface area contributed by atoms with Gasteiger partial charge in [-0.2, -0.15) is 0 Å². The Bertz CT molecular complexity index is 651. The second-order valence-corrected chi connectivity index (χ2v) is 5.55. The highest BCUT2D eigenvalue weighted by atomic mass is 35.5. The van der Waals surface area contributed by atoms with E-state index in [1.54, 1.807) is 12.3 Å². The fourth-order valence-electron chi connectivity index (χ4n) is 2.11. The molecule has 0 saturated heterocycles. The quantitative estimate of drug-likeness (QED) is 0.642. The Morgan fingerprint density at radius 1 is 0.944 bits per heavy atom. The molecule has 18 heavy (non-hydrogen) atoms. The van der Waals surface area contributed by atoms with Gasteiger partial charge in [0.2, 0.25) is 0 Å². The molecule has 2 aromatic rings. The van der Waals surface area contributed by atoms with Gasteiger partial charge in [-0.1, -0.05) is 41.4 Å². The minimum Gasteiger partial charge on any atom is -0.258 e. The van der Waals surface area contributed by atoms with Gasteiger partial charge in [0.25, 0.3) is 0 Å². The van der Waals surface area contributed by atoms with Gasteiger partial charge in [0.15, 0.2) is 0 Å². The van der Waals surface area contributed by atoms with E-state index in [0.29, 0.717) is 10.0 Å². The summed E-state index contributed by atoms with van der Waals surface area (Å²) in [5.74, 6) is 0. The van der Waals surface area contributed by atoms with Crippen LogP contribution in [-0.4, -0.2) is 6.21 Å². The molecule has 0 saturated carbocycles. The Balaban J connectivity index is 2.23. The van der Waals surface area contributed by atoms with E-state index in [4.69, 9.17) is 34.8 Å². The average Bonchev–Trinajstić information content (AvgIpc) is 2.69. The van der Waals surface area contributed by atoms with Crippen LogP contribution in [-0.2, 0) is 4.87 Å². The van der Waals surface area contributed by atoms with Gasteiger partial charge in [0, 0.05) is 27.4 Å². The Labute approximate surface area is 120 Å². The SMILES string of the molecule is Clc1ccc2c(c1)C(Cl)(c1ccccc1Cl)C=N2. The van der Waals surface area contributed by atoms with Crippen LogP contribution >= 0.6 is 34.8 Å². The second kappa shape index (κ2) is 4.27. The van der Waals surface area contributed by atoms with Crippen LogP contribution in [0, 0.1) is 0 Å². The average molecular weight is 297 g/mol. The number of alkyl halides is 1. The first-order valence-electron chi connectivity index (χ1n) is 5.40. The van der Waals surface area contributed by atoms with Crippen molar-refractivity contribution in [1.29, 1.82) is 0 Å². The molecular weight excluding hydrogens is 289 g/mol. The Kier molecular flexibility index (Phi) is 2.86. The van der Waals surface area contributed by atoms with Crippen molar-refractivity contribution in [3.8, 4) is 0 Å². The lowest BCUT2D eigenvalue weighted by atomic mass is 9.92. The fourth-order valence-corrected chi connectivity index (χ4v) is 2.98. The molecule has 0 spiro atoms. The molecule has 2 aromatic carbocycles. The predicted octanol–water partition coefficient (Wildman–Crippen LogP) is 5.19. The topological polar surface area (TPSA) is 12.4 Å². The van der Waals surface area contributed by atoms with Crippen LogP contribution in [0.5, 0.6) is 0 Å². The first-order chi connectivity index (χ1) is 8.61. The van der Waals surface area contributed by atoms with Crippen LogP contribution in [0.4, 0.5) is 5.69 Å². The van der Waals surface area contributed by atoms with Crippen molar-refractivity contribution in [3.63, 3.8) is 0 Å². The number of nitrogens with zero attached hydrogens (tertiary/aromatic N) is 1. The molecule has 0 fully saturated rings. The Morgan fingerprint density at radius 3 is 2.50 bits per heavy atom. The molecule has 1 atom stereocenters. The monoisotopic (exact) mass is 295 g/mol. The smallest absolute Gasteiger partial charge is 0.133 e. The molecule has 0 N–H and O–H groups in total. The number of hydrogen-bond acceptors (Lipinski definition) is 1. The van der Waals surface area contributed by atoms with Gasteiger partial charge in [-0.25, -0.2) is 0 Å². The predicted molar refractivity (Wildman–Crippen MR) is 77.7 cm³/mol. The zero-order chi connectivity index (χ0) is 12.8. The molecule has 1 unspecified atom stereocenters. The number of benzene rings is 2. The van der Waals surface area contributed by atoms with E-state index < -0.39 is 4.87 Å². The number of halogens is 3. The van der Waals surface area contributed by atoms with Crippen molar-refractivity contribution in [1.82, 2.24) is 0 Å². The van der Waals surface area contributed by atoms with Crippen LogP contribution in [0.25, 0.3) is 0 Å². The lowest BCUT2D eigenvalue weighted by Gasteiger charge is -2.21. The van der Waals surface area contributed by atoms with E-state index >= 15 is 0 Å². The molecular formula is C14H8Cl3N. The summed E-state index contributed by atoms with van der Waals surface area (Å²) in [6.45, 7) is 0. The molecule has 0 bridgehead atoms. The van der Waals surface area contributed by atoms with Crippen LogP contribution in [0.2, 0.25) is 10.0 Å². The minimum atomic E-state index is -0.835. The highest BCUT2D eigenvalue weighted by molar-refractivity contribution is 6.39. The largest absolute Gasteiger partial charge is 0.258 e. The molecule has 1 heterocycles. The van der Waals surface area contributed by atoms with Crippen molar-refractivity contribution in [3.05, 3.63) is 63.6 Å². The molecule has 1 aliphatic heterocycles. The Morgan fingerprint density at radius 2 is 1.72 bits per heavy atom. The molecule has 0 aliphatic carbocycles. The van der Waals surface area contributed by atoms with Gasteiger partial charge in [-0.05, 0) is 24.3 Å². The summed E-state index contributed by atoms with van der Waals surface area (Å²) in [5.41, 5.74) is 2.51. The summed E-state index contributed by atoms with van der Waals surface area (Å²) in [4.78, 5) is 3.50. The van der Waals surface area contributed by atoms with Gasteiger partial charge in [-0.15, -0.1) is 11.6 Å². The third-order valence-electron chi connectivity index (χ3n) is 3.00. The van der Waals surface area contributed by atoms with Gasteiger partial charge < -0.3 is 0 Å². The van der Waals surface area contributed by atoms with Gasteiger partial charge in [0.1, 0.15) is 4.87 Å². The van der Waals surface area contributed by atoms with E-state index in [-0.39, 0.29) is 0 Å². The summed E-state index contributed by atoms with van der Waals surface area (Å²) in [7, 11) is 0. The summed E-state index contributed by atoms with van der Waals surface area (Å²) < 4.78 is 0. The standard InChI is InChI=1S/C14H8Cl3N/c15-9-5-6-13-11(7-9)14(17,8-18-13)10-3-1-2-4-12(10)16/h1-8H. The van der Waals surface area contributed by atoms with Crippen molar-refractivity contribution < 1.29 is 0 Å². The van der Waals surface area contributed by atoms with E-state index in [0.717, 1.165) is 16.8 Å². The zero-order valence-corrected chi connectivity index (χ0v) is 11.5. The molecule has 4 heteroatoms. The van der Waals surface area contributed by atoms with Gasteiger partial charge in [-0.3, -0.25) is 4.99 Å². The van der Waals surface area contributed by atoms with E-state index in [1.165, 1.54) is 0 Å². The molecule has 90 valence electrons. The van der Waals surface area contributed by atoms with Crippen molar-refractivity contribution in [2.75, 3.05) is 0 Å². The van der Waals surface area contributed by atoms with Crippen LogP contribution in [0.15, 0.2) is 47.5 Å². The highest BCUT2D eigenvalue weighted by Gasteiger charge is 2.37. The molecule has 0 amide bonds. The summed E-state index contributed by atoms with van der Waals surface area (Å²) in [5, 5.41) is 1.25. The molecule has 3 rings (SSSR count).